The van der Waals surface area contributed by atoms with Gasteiger partial charge in [-0.25, -0.2) is 0 Å². The second-order valence-electron chi connectivity index (χ2n) is 7.12. The van der Waals surface area contributed by atoms with Gasteiger partial charge in [0.1, 0.15) is 16.5 Å². The second-order valence-corrected chi connectivity index (χ2v) is 9.07. The molecule has 0 radical (unpaired) electrons. The van der Waals surface area contributed by atoms with Crippen LogP contribution < -0.4 is 24.8 Å². The van der Waals surface area contributed by atoms with E-state index in [2.05, 4.69) is 21.2 Å². The highest BCUT2D eigenvalue weighted by molar-refractivity contribution is 9.10. The molecule has 0 aliphatic rings. The van der Waals surface area contributed by atoms with Crippen LogP contribution in [0.4, 0.5) is 5.69 Å². The monoisotopic (exact) mass is 531 g/mol. The fourth-order valence-corrected chi connectivity index (χ4v) is 4.82. The molecule has 1 heterocycles. The van der Waals surface area contributed by atoms with Crippen LogP contribution in [0.5, 0.6) is 5.75 Å². The molecular weight excluding hydrogens is 514 g/mol. The Morgan fingerprint density at radius 1 is 1.09 bits per heavy atom. The van der Waals surface area contributed by atoms with Gasteiger partial charge in [0.2, 0.25) is 0 Å². The van der Waals surface area contributed by atoms with Gasteiger partial charge < -0.3 is 10.1 Å². The SMILES string of the molecule is COc1cccc(NC(=O)/C(C#N)=c2\s/c(=C/c3cccc(Br)c3)c(=O)n2-c2ccccc2)c1. The van der Waals surface area contributed by atoms with Crippen molar-refractivity contribution in [2.24, 2.45) is 0 Å². The largest absolute Gasteiger partial charge is 0.497 e. The number of halogens is 1. The molecule has 0 aliphatic heterocycles. The topological polar surface area (TPSA) is 84.1 Å². The van der Waals surface area contributed by atoms with E-state index in [1.165, 1.54) is 11.7 Å². The first kappa shape index (κ1) is 23.2. The van der Waals surface area contributed by atoms with E-state index < -0.39 is 5.91 Å². The summed E-state index contributed by atoms with van der Waals surface area (Å²) >= 11 is 4.53. The summed E-state index contributed by atoms with van der Waals surface area (Å²) in [6.45, 7) is 0. The summed E-state index contributed by atoms with van der Waals surface area (Å²) in [5.41, 5.74) is 1.38. The van der Waals surface area contributed by atoms with Crippen molar-refractivity contribution >= 4 is 50.5 Å². The van der Waals surface area contributed by atoms with Crippen LogP contribution in [0.3, 0.4) is 0 Å². The molecule has 4 rings (SSSR count). The van der Waals surface area contributed by atoms with Crippen molar-refractivity contribution in [2.75, 3.05) is 12.4 Å². The van der Waals surface area contributed by atoms with Crippen LogP contribution in [0.25, 0.3) is 17.3 Å². The quantitative estimate of drug-likeness (QED) is 0.424. The molecule has 0 fully saturated rings. The molecule has 1 amide bonds. The number of benzene rings is 3. The lowest BCUT2D eigenvalue weighted by atomic mass is 10.2. The molecule has 1 aromatic heterocycles. The minimum absolute atomic E-state index is 0.164. The number of nitrogens with zero attached hydrogens (tertiary/aromatic N) is 2. The highest BCUT2D eigenvalue weighted by Gasteiger charge is 2.17. The van der Waals surface area contributed by atoms with Crippen molar-refractivity contribution in [3.05, 3.63) is 108 Å². The second kappa shape index (κ2) is 10.3. The number of para-hydroxylation sites is 1. The summed E-state index contributed by atoms with van der Waals surface area (Å²) in [4.78, 5) is 26.5. The van der Waals surface area contributed by atoms with Crippen molar-refractivity contribution in [2.45, 2.75) is 0 Å². The number of ether oxygens (including phenoxy) is 1. The number of nitriles is 1. The van der Waals surface area contributed by atoms with Gasteiger partial charge >= 0.3 is 0 Å². The molecule has 0 bridgehead atoms. The van der Waals surface area contributed by atoms with Gasteiger partial charge in [0.25, 0.3) is 11.5 Å². The summed E-state index contributed by atoms with van der Waals surface area (Å²) in [6, 6.07) is 25.3. The van der Waals surface area contributed by atoms with E-state index in [0.717, 1.165) is 21.4 Å². The highest BCUT2D eigenvalue weighted by atomic mass is 79.9. The lowest BCUT2D eigenvalue weighted by molar-refractivity contribution is -0.111. The standard InChI is InChI=1S/C26H18BrN3O3S/c1-33-21-12-6-9-19(15-21)29-24(31)22(16-28)26-30(20-10-3-2-4-11-20)25(32)23(34-26)14-17-7-5-8-18(27)13-17/h2-15H,1H3,(H,29,31)/b23-14+,26-22-. The zero-order valence-corrected chi connectivity index (χ0v) is 20.4. The third kappa shape index (κ3) is 5.01. The van der Waals surface area contributed by atoms with Gasteiger partial charge in [-0.3, -0.25) is 14.2 Å². The molecule has 8 heteroatoms. The van der Waals surface area contributed by atoms with Crippen LogP contribution in [-0.2, 0) is 4.79 Å². The average molecular weight is 532 g/mol. The Labute approximate surface area is 207 Å². The number of hydrogen-bond acceptors (Lipinski definition) is 5. The average Bonchev–Trinajstić information content (AvgIpc) is 3.15. The summed E-state index contributed by atoms with van der Waals surface area (Å²) in [5, 5.41) is 12.7. The van der Waals surface area contributed by atoms with E-state index >= 15 is 0 Å². The fraction of sp³-hybridized carbons (Fsp3) is 0.0385. The predicted molar refractivity (Wildman–Crippen MR) is 138 cm³/mol. The highest BCUT2D eigenvalue weighted by Crippen LogP contribution is 2.17. The summed E-state index contributed by atoms with van der Waals surface area (Å²) in [6.07, 6.45) is 1.75. The van der Waals surface area contributed by atoms with Crippen LogP contribution in [0.15, 0.2) is 88.1 Å². The summed E-state index contributed by atoms with van der Waals surface area (Å²) in [5.74, 6) is -0.0461. The Morgan fingerprint density at radius 2 is 1.85 bits per heavy atom. The van der Waals surface area contributed by atoms with Gasteiger partial charge in [0.05, 0.1) is 17.3 Å². The number of aromatic nitrogens is 1. The molecule has 0 unspecified atom stereocenters. The van der Waals surface area contributed by atoms with Crippen LogP contribution >= 0.6 is 27.3 Å². The van der Waals surface area contributed by atoms with Gasteiger partial charge in [0, 0.05) is 16.2 Å². The molecule has 1 N–H and O–H groups in total. The molecule has 3 aromatic carbocycles. The first-order valence-electron chi connectivity index (χ1n) is 10.1. The molecule has 0 aliphatic carbocycles. The van der Waals surface area contributed by atoms with Crippen molar-refractivity contribution in [1.82, 2.24) is 4.57 Å². The normalized spacial score (nSPS) is 12.1. The number of hydrogen-bond donors (Lipinski definition) is 1. The number of carbonyl (C=O) groups excluding carboxylic acids is 1. The Kier molecular flexibility index (Phi) is 7.07. The molecule has 0 atom stereocenters. The Balaban J connectivity index is 1.93. The van der Waals surface area contributed by atoms with Gasteiger partial charge in [-0.2, -0.15) is 5.26 Å². The zero-order valence-electron chi connectivity index (χ0n) is 18.0. The minimum atomic E-state index is -0.615. The molecule has 4 aromatic rings. The van der Waals surface area contributed by atoms with E-state index in [1.807, 2.05) is 36.4 Å². The number of anilines is 1. The van der Waals surface area contributed by atoms with Gasteiger partial charge in [-0.15, -0.1) is 11.3 Å². The lowest BCUT2D eigenvalue weighted by Gasteiger charge is -2.07. The van der Waals surface area contributed by atoms with E-state index in [0.29, 0.717) is 21.7 Å². The number of methoxy groups -OCH3 is 1. The summed E-state index contributed by atoms with van der Waals surface area (Å²) < 4.78 is 8.13. The number of amides is 1. The maximum Gasteiger partial charge on any atom is 0.273 e. The van der Waals surface area contributed by atoms with E-state index in [9.17, 15) is 14.9 Å². The molecule has 6 nitrogen and oxygen atoms in total. The van der Waals surface area contributed by atoms with Crippen molar-refractivity contribution in [1.29, 1.82) is 5.26 Å². The maximum absolute atomic E-state index is 13.4. The molecular formula is C26H18BrN3O3S. The van der Waals surface area contributed by atoms with Crippen molar-refractivity contribution in [3.8, 4) is 17.5 Å². The van der Waals surface area contributed by atoms with Crippen molar-refractivity contribution in [3.63, 3.8) is 0 Å². The summed E-state index contributed by atoms with van der Waals surface area (Å²) in [7, 11) is 1.53. The maximum atomic E-state index is 13.4. The zero-order chi connectivity index (χ0) is 24.1. The smallest absolute Gasteiger partial charge is 0.273 e. The Hall–Kier alpha value is -3.93. The fourth-order valence-electron chi connectivity index (χ4n) is 3.30. The van der Waals surface area contributed by atoms with E-state index in [1.54, 1.807) is 54.6 Å². The first-order chi connectivity index (χ1) is 16.5. The van der Waals surface area contributed by atoms with Gasteiger partial charge in [0.15, 0.2) is 5.57 Å². The number of carbonyl (C=O) groups is 1. The number of thiazole rings is 1. The lowest BCUT2D eigenvalue weighted by Crippen LogP contribution is -2.32. The van der Waals surface area contributed by atoms with Gasteiger partial charge in [-0.1, -0.05) is 52.3 Å². The Bertz CT molecular complexity index is 1580. The number of rotatable bonds is 5. The molecule has 0 saturated carbocycles. The van der Waals surface area contributed by atoms with E-state index in [-0.39, 0.29) is 15.8 Å². The third-order valence-electron chi connectivity index (χ3n) is 4.86. The van der Waals surface area contributed by atoms with Crippen molar-refractivity contribution < 1.29 is 9.53 Å². The molecule has 0 spiro atoms. The van der Waals surface area contributed by atoms with Crippen LogP contribution in [0.2, 0.25) is 0 Å². The molecule has 0 saturated heterocycles. The molecule has 34 heavy (non-hydrogen) atoms. The van der Waals surface area contributed by atoms with Crippen LogP contribution in [-0.4, -0.2) is 17.6 Å². The van der Waals surface area contributed by atoms with Gasteiger partial charge in [-0.05, 0) is 48.0 Å². The predicted octanol–water partition coefficient (Wildman–Crippen LogP) is 3.81. The van der Waals surface area contributed by atoms with Crippen LogP contribution in [0.1, 0.15) is 5.56 Å². The van der Waals surface area contributed by atoms with Crippen LogP contribution in [0, 0.1) is 11.3 Å². The first-order valence-corrected chi connectivity index (χ1v) is 11.8. The third-order valence-corrected chi connectivity index (χ3v) is 6.45. The van der Waals surface area contributed by atoms with E-state index in [4.69, 9.17) is 4.74 Å². The minimum Gasteiger partial charge on any atom is -0.497 e. The number of nitrogens with one attached hydrogen (secondary N) is 1. The Morgan fingerprint density at radius 3 is 2.56 bits per heavy atom. The molecule has 168 valence electrons.